The van der Waals surface area contributed by atoms with E-state index in [-0.39, 0.29) is 12.1 Å². The Bertz CT molecular complexity index is 646. The average Bonchev–Trinajstić information content (AvgIpc) is 3.10. The highest BCUT2D eigenvalue weighted by molar-refractivity contribution is 5.68. The number of nitrogens with one attached hydrogen (secondary N) is 2. The van der Waals surface area contributed by atoms with Crippen LogP contribution in [0.4, 0.5) is 22.2 Å². The summed E-state index contributed by atoms with van der Waals surface area (Å²) >= 11 is 0. The van der Waals surface area contributed by atoms with Gasteiger partial charge in [-0.3, -0.25) is 0 Å². The van der Waals surface area contributed by atoms with Gasteiger partial charge in [0.05, 0.1) is 11.9 Å². The van der Waals surface area contributed by atoms with Gasteiger partial charge in [0, 0.05) is 25.2 Å². The molecule has 2 fully saturated rings. The summed E-state index contributed by atoms with van der Waals surface area (Å²) in [6.07, 6.45) is 7.91. The summed E-state index contributed by atoms with van der Waals surface area (Å²) in [5.41, 5.74) is 6.14. The lowest BCUT2D eigenvalue weighted by molar-refractivity contribution is 0.0210. The Morgan fingerprint density at radius 2 is 1.78 bits per heavy atom. The molecule has 8 heteroatoms. The number of hydrogen-bond donors (Lipinski definition) is 3. The van der Waals surface area contributed by atoms with E-state index in [0.29, 0.717) is 36.6 Å². The van der Waals surface area contributed by atoms with Crippen LogP contribution in [0.3, 0.4) is 0 Å². The molecular weight excluding hydrogens is 344 g/mol. The van der Waals surface area contributed by atoms with Gasteiger partial charge in [-0.1, -0.05) is 12.8 Å². The first-order valence-corrected chi connectivity index (χ1v) is 9.94. The second-order valence-corrected chi connectivity index (χ2v) is 8.51. The maximum Gasteiger partial charge on any atom is 0.410 e. The predicted octanol–water partition coefficient (Wildman–Crippen LogP) is 3.22. The normalized spacial score (nSPS) is 19.1. The van der Waals surface area contributed by atoms with E-state index < -0.39 is 5.60 Å². The van der Waals surface area contributed by atoms with Crippen LogP contribution >= 0.6 is 0 Å². The van der Waals surface area contributed by atoms with Crippen LogP contribution in [0.1, 0.15) is 59.3 Å². The van der Waals surface area contributed by atoms with E-state index in [1.807, 2.05) is 20.8 Å². The van der Waals surface area contributed by atoms with Crippen molar-refractivity contribution in [2.24, 2.45) is 0 Å². The maximum absolute atomic E-state index is 12.2. The lowest BCUT2D eigenvalue weighted by Gasteiger charge is -2.34. The second-order valence-electron chi connectivity index (χ2n) is 8.51. The van der Waals surface area contributed by atoms with Crippen molar-refractivity contribution < 1.29 is 9.53 Å². The van der Waals surface area contributed by atoms with E-state index in [1.165, 1.54) is 25.7 Å². The zero-order valence-corrected chi connectivity index (χ0v) is 16.6. The summed E-state index contributed by atoms with van der Waals surface area (Å²) in [5, 5.41) is 6.83. The molecule has 27 heavy (non-hydrogen) atoms. The van der Waals surface area contributed by atoms with Gasteiger partial charge < -0.3 is 26.0 Å². The lowest BCUT2D eigenvalue weighted by Crippen LogP contribution is -2.44. The van der Waals surface area contributed by atoms with Crippen LogP contribution in [0.2, 0.25) is 0 Å². The van der Waals surface area contributed by atoms with Crippen molar-refractivity contribution in [3.63, 3.8) is 0 Å². The highest BCUT2D eigenvalue weighted by Crippen LogP contribution is 2.24. The van der Waals surface area contributed by atoms with Gasteiger partial charge in [-0.25, -0.2) is 9.78 Å². The van der Waals surface area contributed by atoms with Crippen LogP contribution in [0.5, 0.6) is 0 Å². The van der Waals surface area contributed by atoms with Gasteiger partial charge in [0.2, 0.25) is 5.95 Å². The van der Waals surface area contributed by atoms with Crippen LogP contribution < -0.4 is 16.4 Å². The van der Waals surface area contributed by atoms with E-state index in [9.17, 15) is 4.79 Å². The van der Waals surface area contributed by atoms with Gasteiger partial charge in [0.25, 0.3) is 0 Å². The molecule has 1 saturated heterocycles. The van der Waals surface area contributed by atoms with E-state index in [2.05, 4.69) is 20.6 Å². The lowest BCUT2D eigenvalue weighted by atomic mass is 10.1. The molecule has 1 aliphatic carbocycles. The second kappa shape index (κ2) is 8.19. The smallest absolute Gasteiger partial charge is 0.410 e. The van der Waals surface area contributed by atoms with E-state index in [0.717, 1.165) is 12.8 Å². The van der Waals surface area contributed by atoms with Gasteiger partial charge in [-0.05, 0) is 46.5 Å². The molecule has 8 nitrogen and oxygen atoms in total. The maximum atomic E-state index is 12.2. The minimum Gasteiger partial charge on any atom is -0.444 e. The van der Waals surface area contributed by atoms with Crippen molar-refractivity contribution in [3.05, 3.63) is 6.20 Å². The molecule has 1 amide bonds. The number of hydrogen-bond acceptors (Lipinski definition) is 7. The number of rotatable bonds is 4. The SMILES string of the molecule is CC(C)(C)OC(=O)N1CCC(Nc2nc(NC3CCCC3)ncc2N)CC1. The number of piperidine rings is 1. The van der Waals surface area contributed by atoms with E-state index in [1.54, 1.807) is 11.1 Å². The Kier molecular flexibility index (Phi) is 5.92. The largest absolute Gasteiger partial charge is 0.444 e. The van der Waals surface area contributed by atoms with Gasteiger partial charge in [-0.2, -0.15) is 4.98 Å². The van der Waals surface area contributed by atoms with Crippen molar-refractivity contribution in [2.75, 3.05) is 29.5 Å². The number of anilines is 3. The third kappa shape index (κ3) is 5.61. The number of carbonyl (C=O) groups excluding carboxylic acids is 1. The Morgan fingerprint density at radius 3 is 2.41 bits per heavy atom. The fourth-order valence-electron chi connectivity index (χ4n) is 3.56. The Labute approximate surface area is 161 Å². The molecule has 0 spiro atoms. The summed E-state index contributed by atoms with van der Waals surface area (Å²) in [4.78, 5) is 22.8. The van der Waals surface area contributed by atoms with Crippen LogP contribution in [0.25, 0.3) is 0 Å². The number of likely N-dealkylation sites (tertiary alicyclic amines) is 1. The number of amides is 1. The molecule has 4 N–H and O–H groups in total. The molecule has 1 saturated carbocycles. The minimum atomic E-state index is -0.468. The topological polar surface area (TPSA) is 105 Å². The van der Waals surface area contributed by atoms with Crippen molar-refractivity contribution in [2.45, 2.75) is 77.0 Å². The number of nitrogens with zero attached hydrogens (tertiary/aromatic N) is 3. The Balaban J connectivity index is 1.53. The van der Waals surface area contributed by atoms with E-state index >= 15 is 0 Å². The number of ether oxygens (including phenoxy) is 1. The molecule has 0 radical (unpaired) electrons. The number of nitrogen functional groups attached to an aromatic ring is 1. The first-order chi connectivity index (χ1) is 12.8. The number of carbonyl (C=O) groups is 1. The average molecular weight is 377 g/mol. The molecule has 0 aromatic carbocycles. The molecule has 0 unspecified atom stereocenters. The summed E-state index contributed by atoms with van der Waals surface area (Å²) in [7, 11) is 0. The standard InChI is InChI=1S/C19H32N6O2/c1-19(2,3)27-18(26)25-10-8-14(9-11-25)22-16-15(20)12-21-17(24-16)23-13-6-4-5-7-13/h12-14H,4-11,20H2,1-3H3,(H2,21,22,23,24). The molecule has 0 bridgehead atoms. The summed E-state index contributed by atoms with van der Waals surface area (Å²) in [5.74, 6) is 1.30. The van der Waals surface area contributed by atoms with Crippen molar-refractivity contribution in [3.8, 4) is 0 Å². The minimum absolute atomic E-state index is 0.222. The van der Waals surface area contributed by atoms with Crippen molar-refractivity contribution in [1.82, 2.24) is 14.9 Å². The van der Waals surface area contributed by atoms with E-state index in [4.69, 9.17) is 10.5 Å². The Hall–Kier alpha value is -2.25. The third-order valence-corrected chi connectivity index (χ3v) is 4.99. The van der Waals surface area contributed by atoms with Gasteiger partial charge in [0.1, 0.15) is 5.60 Å². The first-order valence-electron chi connectivity index (χ1n) is 9.94. The molecule has 1 aromatic heterocycles. The monoisotopic (exact) mass is 376 g/mol. The van der Waals surface area contributed by atoms with Crippen molar-refractivity contribution >= 4 is 23.5 Å². The quantitative estimate of drug-likeness (QED) is 0.741. The molecular formula is C19H32N6O2. The van der Waals surface area contributed by atoms with Crippen LogP contribution in [0.15, 0.2) is 6.20 Å². The Morgan fingerprint density at radius 1 is 1.15 bits per heavy atom. The summed E-state index contributed by atoms with van der Waals surface area (Å²) < 4.78 is 5.45. The highest BCUT2D eigenvalue weighted by Gasteiger charge is 2.27. The molecule has 2 aliphatic rings. The van der Waals surface area contributed by atoms with Crippen molar-refractivity contribution in [1.29, 1.82) is 0 Å². The molecule has 0 atom stereocenters. The third-order valence-electron chi connectivity index (χ3n) is 4.99. The van der Waals surface area contributed by atoms with Gasteiger partial charge in [0.15, 0.2) is 5.82 Å². The predicted molar refractivity (Wildman–Crippen MR) is 107 cm³/mol. The van der Waals surface area contributed by atoms with Gasteiger partial charge >= 0.3 is 6.09 Å². The summed E-state index contributed by atoms with van der Waals surface area (Å²) in [6, 6.07) is 0.679. The van der Waals surface area contributed by atoms with Gasteiger partial charge in [-0.15, -0.1) is 0 Å². The fraction of sp³-hybridized carbons (Fsp3) is 0.737. The fourth-order valence-corrected chi connectivity index (χ4v) is 3.56. The highest BCUT2D eigenvalue weighted by atomic mass is 16.6. The van der Waals surface area contributed by atoms with Crippen LogP contribution in [0, 0.1) is 0 Å². The molecule has 1 aliphatic heterocycles. The van der Waals surface area contributed by atoms with Crippen LogP contribution in [-0.4, -0.2) is 51.7 Å². The molecule has 1 aromatic rings. The molecule has 150 valence electrons. The van der Waals surface area contributed by atoms with Crippen LogP contribution in [-0.2, 0) is 4.74 Å². The molecule has 3 rings (SSSR count). The molecule has 2 heterocycles. The number of aromatic nitrogens is 2. The number of nitrogens with two attached hydrogens (primary N) is 1. The zero-order chi connectivity index (χ0) is 19.4. The summed E-state index contributed by atoms with van der Waals surface area (Å²) in [6.45, 7) is 6.96. The first kappa shape index (κ1) is 19.5. The zero-order valence-electron chi connectivity index (χ0n) is 16.6.